The van der Waals surface area contributed by atoms with Gasteiger partial charge in [0.1, 0.15) is 5.75 Å². The number of rotatable bonds is 2. The summed E-state index contributed by atoms with van der Waals surface area (Å²) in [5.74, 6) is 2.79. The Morgan fingerprint density at radius 3 is 3.05 bits per heavy atom. The lowest BCUT2D eigenvalue weighted by Crippen LogP contribution is -2.35. The predicted octanol–water partition coefficient (Wildman–Crippen LogP) is 3.61. The van der Waals surface area contributed by atoms with Crippen LogP contribution >= 0.6 is 23.4 Å². The van der Waals surface area contributed by atoms with Gasteiger partial charge in [-0.3, -0.25) is 4.79 Å². The fourth-order valence-corrected chi connectivity index (χ4v) is 4.28. The Morgan fingerprint density at radius 1 is 1.48 bits per heavy atom. The van der Waals surface area contributed by atoms with E-state index in [1.54, 1.807) is 6.07 Å². The normalized spacial score (nSPS) is 23.8. The van der Waals surface area contributed by atoms with Crippen LogP contribution in [0.3, 0.4) is 0 Å². The first-order valence-electron chi connectivity index (χ1n) is 7.03. The molecule has 1 aromatic carbocycles. The van der Waals surface area contributed by atoms with E-state index in [4.69, 9.17) is 16.3 Å². The summed E-state index contributed by atoms with van der Waals surface area (Å²) in [6.07, 6.45) is 1.12. The van der Waals surface area contributed by atoms with Crippen LogP contribution in [0.15, 0.2) is 12.1 Å². The number of hydrogen-bond acceptors (Lipinski definition) is 4. The van der Waals surface area contributed by atoms with Crippen molar-refractivity contribution in [3.63, 3.8) is 0 Å². The molecule has 1 fully saturated rings. The minimum Gasteiger partial charge on any atom is -0.482 e. The van der Waals surface area contributed by atoms with Crippen LogP contribution in [-0.2, 0) is 4.79 Å². The molecule has 2 N–H and O–H groups in total. The summed E-state index contributed by atoms with van der Waals surface area (Å²) >= 11 is 8.29. The molecule has 1 unspecified atom stereocenters. The molecule has 3 rings (SSSR count). The van der Waals surface area contributed by atoms with Gasteiger partial charge in [-0.15, -0.1) is 0 Å². The van der Waals surface area contributed by atoms with Crippen molar-refractivity contribution >= 4 is 40.6 Å². The quantitative estimate of drug-likeness (QED) is 0.871. The largest absolute Gasteiger partial charge is 0.482 e. The Kier molecular flexibility index (Phi) is 3.97. The maximum atomic E-state index is 11.3. The van der Waals surface area contributed by atoms with E-state index in [0.717, 1.165) is 17.9 Å². The Bertz CT molecular complexity index is 577. The van der Waals surface area contributed by atoms with Gasteiger partial charge in [0.2, 0.25) is 0 Å². The van der Waals surface area contributed by atoms with Crippen molar-refractivity contribution in [2.24, 2.45) is 5.41 Å². The fourth-order valence-electron chi connectivity index (χ4n) is 2.79. The standard InChI is InChI=1S/C15H19ClN2O2S/c1-15(2)5-9(7-21-8-15)17-11-4-13-12(3-10(11)16)18-14(19)6-20-13/h3-4,9,17H,5-8H2,1-2H3,(H,18,19). The monoisotopic (exact) mass is 326 g/mol. The zero-order valence-corrected chi connectivity index (χ0v) is 13.7. The highest BCUT2D eigenvalue weighted by Crippen LogP contribution is 2.39. The van der Waals surface area contributed by atoms with E-state index in [0.29, 0.717) is 27.9 Å². The van der Waals surface area contributed by atoms with Crippen LogP contribution < -0.4 is 15.4 Å². The minimum absolute atomic E-state index is 0.0559. The summed E-state index contributed by atoms with van der Waals surface area (Å²) in [7, 11) is 0. The third-order valence-electron chi connectivity index (χ3n) is 3.67. The summed E-state index contributed by atoms with van der Waals surface area (Å²) in [4.78, 5) is 11.3. The van der Waals surface area contributed by atoms with Crippen molar-refractivity contribution in [2.45, 2.75) is 26.3 Å². The lowest BCUT2D eigenvalue weighted by Gasteiger charge is -2.36. The van der Waals surface area contributed by atoms with Crippen LogP contribution in [0.2, 0.25) is 5.02 Å². The third kappa shape index (κ3) is 3.40. The molecule has 1 aromatic rings. The Hall–Kier alpha value is -1.07. The number of carbonyl (C=O) groups is 1. The lowest BCUT2D eigenvalue weighted by atomic mass is 9.88. The SMILES string of the molecule is CC1(C)CSCC(Nc2cc3c(cc2Cl)NC(=O)CO3)C1. The lowest BCUT2D eigenvalue weighted by molar-refractivity contribution is -0.118. The van der Waals surface area contributed by atoms with Gasteiger partial charge in [0.15, 0.2) is 6.61 Å². The maximum Gasteiger partial charge on any atom is 0.262 e. The second-order valence-corrected chi connectivity index (χ2v) is 7.83. The van der Waals surface area contributed by atoms with Crippen LogP contribution in [0, 0.1) is 5.41 Å². The van der Waals surface area contributed by atoms with Crippen molar-refractivity contribution in [3.05, 3.63) is 17.2 Å². The molecule has 1 amide bonds. The number of anilines is 2. The van der Waals surface area contributed by atoms with E-state index >= 15 is 0 Å². The molecule has 1 saturated heterocycles. The van der Waals surface area contributed by atoms with Crippen LogP contribution in [0.1, 0.15) is 20.3 Å². The number of nitrogens with one attached hydrogen (secondary N) is 2. The molecule has 2 aliphatic heterocycles. The van der Waals surface area contributed by atoms with Crippen molar-refractivity contribution in [2.75, 3.05) is 28.7 Å². The number of benzene rings is 1. The molecule has 0 spiro atoms. The van der Waals surface area contributed by atoms with Gasteiger partial charge in [0.25, 0.3) is 5.91 Å². The summed E-state index contributed by atoms with van der Waals surface area (Å²) in [6.45, 7) is 4.64. The molecule has 21 heavy (non-hydrogen) atoms. The molecule has 6 heteroatoms. The molecule has 0 bridgehead atoms. The highest BCUT2D eigenvalue weighted by molar-refractivity contribution is 7.99. The third-order valence-corrected chi connectivity index (χ3v) is 5.61. The number of thioether (sulfide) groups is 1. The zero-order valence-electron chi connectivity index (χ0n) is 12.2. The minimum atomic E-state index is -0.148. The van der Waals surface area contributed by atoms with Crippen molar-refractivity contribution in [3.8, 4) is 5.75 Å². The maximum absolute atomic E-state index is 11.3. The molecule has 1 atom stereocenters. The number of carbonyl (C=O) groups excluding carboxylic acids is 1. The van der Waals surface area contributed by atoms with Gasteiger partial charge >= 0.3 is 0 Å². The topological polar surface area (TPSA) is 50.4 Å². The van der Waals surface area contributed by atoms with Crippen molar-refractivity contribution < 1.29 is 9.53 Å². The van der Waals surface area contributed by atoms with Crippen LogP contribution in [0.5, 0.6) is 5.75 Å². The molecular weight excluding hydrogens is 308 g/mol. The molecule has 0 aromatic heterocycles. The molecule has 2 heterocycles. The van der Waals surface area contributed by atoms with Gasteiger partial charge in [-0.1, -0.05) is 25.4 Å². The Morgan fingerprint density at radius 2 is 2.29 bits per heavy atom. The summed E-state index contributed by atoms with van der Waals surface area (Å²) in [6, 6.07) is 4.02. The Labute approximate surface area is 134 Å². The van der Waals surface area contributed by atoms with Gasteiger partial charge in [0.05, 0.1) is 16.4 Å². The number of amides is 1. The number of halogens is 1. The van der Waals surface area contributed by atoms with Crippen LogP contribution in [0.25, 0.3) is 0 Å². The summed E-state index contributed by atoms with van der Waals surface area (Å²) in [5.41, 5.74) is 1.85. The second-order valence-electron chi connectivity index (χ2n) is 6.39. The smallest absolute Gasteiger partial charge is 0.262 e. The van der Waals surface area contributed by atoms with Crippen molar-refractivity contribution in [1.82, 2.24) is 0 Å². The molecular formula is C15H19ClN2O2S. The van der Waals surface area contributed by atoms with E-state index in [1.165, 1.54) is 5.75 Å². The van der Waals surface area contributed by atoms with E-state index in [1.807, 2.05) is 17.8 Å². The second kappa shape index (κ2) is 5.61. The van der Waals surface area contributed by atoms with Gasteiger partial charge in [0, 0.05) is 17.9 Å². The highest BCUT2D eigenvalue weighted by atomic mass is 35.5. The van der Waals surface area contributed by atoms with Gasteiger partial charge in [-0.05, 0) is 23.7 Å². The van der Waals surface area contributed by atoms with E-state index in [9.17, 15) is 4.79 Å². The molecule has 2 aliphatic rings. The average Bonchev–Trinajstić information content (AvgIpc) is 2.39. The zero-order chi connectivity index (χ0) is 15.0. The van der Waals surface area contributed by atoms with Gasteiger partial charge < -0.3 is 15.4 Å². The average molecular weight is 327 g/mol. The molecule has 0 saturated carbocycles. The predicted molar refractivity (Wildman–Crippen MR) is 88.7 cm³/mol. The van der Waals surface area contributed by atoms with Crippen LogP contribution in [0.4, 0.5) is 11.4 Å². The highest BCUT2D eigenvalue weighted by Gasteiger charge is 2.29. The number of fused-ring (bicyclic) bond motifs is 1. The molecule has 114 valence electrons. The first kappa shape index (κ1) is 14.9. The van der Waals surface area contributed by atoms with Crippen molar-refractivity contribution in [1.29, 1.82) is 0 Å². The van der Waals surface area contributed by atoms with E-state index < -0.39 is 0 Å². The number of hydrogen-bond donors (Lipinski definition) is 2. The van der Waals surface area contributed by atoms with E-state index in [-0.39, 0.29) is 12.5 Å². The molecule has 0 aliphatic carbocycles. The number of ether oxygens (including phenoxy) is 1. The summed E-state index contributed by atoms with van der Waals surface area (Å²) in [5, 5.41) is 6.89. The molecule has 4 nitrogen and oxygen atoms in total. The van der Waals surface area contributed by atoms with E-state index in [2.05, 4.69) is 24.5 Å². The van der Waals surface area contributed by atoms with Gasteiger partial charge in [-0.25, -0.2) is 0 Å². The first-order chi connectivity index (χ1) is 9.93. The van der Waals surface area contributed by atoms with Gasteiger partial charge in [-0.2, -0.15) is 11.8 Å². The van der Waals surface area contributed by atoms with Crippen LogP contribution in [-0.4, -0.2) is 30.1 Å². The first-order valence-corrected chi connectivity index (χ1v) is 8.57. The Balaban J connectivity index is 1.78. The summed E-state index contributed by atoms with van der Waals surface area (Å²) < 4.78 is 5.45. The molecule has 0 radical (unpaired) electrons. The fraction of sp³-hybridized carbons (Fsp3) is 0.533.